The van der Waals surface area contributed by atoms with Crippen molar-refractivity contribution in [1.29, 1.82) is 0 Å². The lowest BCUT2D eigenvalue weighted by atomic mass is 9.94. The summed E-state index contributed by atoms with van der Waals surface area (Å²) in [6, 6.07) is 5.85. The third-order valence-electron chi connectivity index (χ3n) is 5.48. The molecule has 0 bridgehead atoms. The molecule has 3 rings (SSSR count). The summed E-state index contributed by atoms with van der Waals surface area (Å²) in [4.78, 5) is 26.5. The van der Waals surface area contributed by atoms with Gasteiger partial charge >= 0.3 is 5.76 Å². The summed E-state index contributed by atoms with van der Waals surface area (Å²) in [5.41, 5.74) is 2.35. The predicted molar refractivity (Wildman–Crippen MR) is 102 cm³/mol. The largest absolute Gasteiger partial charge is 0.419 e. The van der Waals surface area contributed by atoms with Crippen LogP contribution in [0.3, 0.4) is 0 Å². The molecule has 1 aromatic carbocycles. The monoisotopic (exact) mass is 359 g/mol. The summed E-state index contributed by atoms with van der Waals surface area (Å²) in [6.45, 7) is 5.31. The molecule has 6 heteroatoms. The van der Waals surface area contributed by atoms with E-state index in [-0.39, 0.29) is 17.7 Å². The van der Waals surface area contributed by atoms with Gasteiger partial charge in [0.05, 0.1) is 11.6 Å². The normalized spacial score (nSPS) is 16.7. The molecule has 0 aliphatic heterocycles. The van der Waals surface area contributed by atoms with Gasteiger partial charge in [-0.25, -0.2) is 4.79 Å². The van der Waals surface area contributed by atoms with Crippen LogP contribution in [0.4, 0.5) is 0 Å². The van der Waals surface area contributed by atoms with E-state index in [1.54, 1.807) is 7.05 Å². The molecule has 1 fully saturated rings. The Balaban J connectivity index is 1.62. The van der Waals surface area contributed by atoms with Crippen LogP contribution in [0.1, 0.15) is 51.5 Å². The number of oxazole rings is 1. The van der Waals surface area contributed by atoms with Crippen LogP contribution in [0.15, 0.2) is 27.4 Å². The number of hydrogen-bond donors (Lipinski definition) is 1. The van der Waals surface area contributed by atoms with Gasteiger partial charge in [-0.15, -0.1) is 0 Å². The predicted octanol–water partition coefficient (Wildman–Crippen LogP) is 2.79. The van der Waals surface area contributed by atoms with Crippen molar-refractivity contribution < 1.29 is 9.21 Å². The SMILES string of the molecule is CCN(C(=O)C(C)NCc1ccc2c(c1)oc(=O)n2C)C1CCCCC1. The van der Waals surface area contributed by atoms with E-state index in [4.69, 9.17) is 4.42 Å². The van der Waals surface area contributed by atoms with Crippen LogP contribution in [0, 0.1) is 0 Å². The van der Waals surface area contributed by atoms with Crippen LogP contribution in [-0.2, 0) is 18.4 Å². The van der Waals surface area contributed by atoms with Crippen molar-refractivity contribution in [1.82, 2.24) is 14.8 Å². The van der Waals surface area contributed by atoms with Crippen LogP contribution in [0.2, 0.25) is 0 Å². The van der Waals surface area contributed by atoms with Gasteiger partial charge in [0, 0.05) is 26.2 Å². The molecule has 1 atom stereocenters. The van der Waals surface area contributed by atoms with Crippen LogP contribution < -0.4 is 11.1 Å². The fourth-order valence-electron chi connectivity index (χ4n) is 3.88. The first kappa shape index (κ1) is 18.7. The highest BCUT2D eigenvalue weighted by molar-refractivity contribution is 5.81. The average molecular weight is 359 g/mol. The standard InChI is InChI=1S/C20H29N3O3/c1-4-23(16-8-6-5-7-9-16)19(24)14(2)21-13-15-10-11-17-18(12-15)26-20(25)22(17)3/h10-12,14,16,21H,4-9,13H2,1-3H3. The average Bonchev–Trinajstić information content (AvgIpc) is 2.94. The highest BCUT2D eigenvalue weighted by atomic mass is 16.4. The molecular formula is C20H29N3O3. The number of amides is 1. The second-order valence-corrected chi connectivity index (χ2v) is 7.25. The van der Waals surface area contributed by atoms with Gasteiger partial charge in [-0.05, 0) is 44.4 Å². The van der Waals surface area contributed by atoms with E-state index in [9.17, 15) is 9.59 Å². The van der Waals surface area contributed by atoms with Gasteiger partial charge in [-0.2, -0.15) is 0 Å². The molecule has 1 saturated carbocycles. The zero-order valence-electron chi connectivity index (χ0n) is 16.0. The van der Waals surface area contributed by atoms with Gasteiger partial charge in [0.2, 0.25) is 5.91 Å². The van der Waals surface area contributed by atoms with Gasteiger partial charge in [-0.3, -0.25) is 9.36 Å². The summed E-state index contributed by atoms with van der Waals surface area (Å²) in [6.07, 6.45) is 5.97. The first-order valence-corrected chi connectivity index (χ1v) is 9.63. The lowest BCUT2D eigenvalue weighted by Gasteiger charge is -2.35. The van der Waals surface area contributed by atoms with Gasteiger partial charge in [0.25, 0.3) is 0 Å². The van der Waals surface area contributed by atoms with Crippen molar-refractivity contribution in [3.8, 4) is 0 Å². The molecule has 2 aromatic rings. The number of carbonyl (C=O) groups excluding carboxylic acids is 1. The number of aryl methyl sites for hydroxylation is 1. The molecule has 1 unspecified atom stereocenters. The van der Waals surface area contributed by atoms with E-state index >= 15 is 0 Å². The number of aromatic nitrogens is 1. The molecule has 0 spiro atoms. The first-order valence-electron chi connectivity index (χ1n) is 9.63. The summed E-state index contributed by atoms with van der Waals surface area (Å²) in [5, 5.41) is 3.32. The van der Waals surface area contributed by atoms with E-state index in [1.165, 1.54) is 23.8 Å². The molecule has 1 aromatic heterocycles. The van der Waals surface area contributed by atoms with Crippen molar-refractivity contribution in [3.63, 3.8) is 0 Å². The number of likely N-dealkylation sites (N-methyl/N-ethyl adjacent to an activating group) is 1. The zero-order chi connectivity index (χ0) is 18.7. The number of fused-ring (bicyclic) bond motifs is 1. The van der Waals surface area contributed by atoms with E-state index in [0.717, 1.165) is 30.5 Å². The number of rotatable bonds is 6. The Kier molecular flexibility index (Phi) is 5.81. The molecule has 1 amide bonds. The molecule has 1 heterocycles. The summed E-state index contributed by atoms with van der Waals surface area (Å²) < 4.78 is 6.72. The highest BCUT2D eigenvalue weighted by Gasteiger charge is 2.27. The molecule has 142 valence electrons. The number of hydrogen-bond acceptors (Lipinski definition) is 4. The first-order chi connectivity index (χ1) is 12.5. The molecular weight excluding hydrogens is 330 g/mol. The van der Waals surface area contributed by atoms with Gasteiger partial charge < -0.3 is 14.6 Å². The smallest absolute Gasteiger partial charge is 0.408 e. The minimum absolute atomic E-state index is 0.173. The Morgan fingerprint density at radius 3 is 2.77 bits per heavy atom. The maximum absolute atomic E-state index is 12.9. The molecule has 1 aliphatic carbocycles. The van der Waals surface area contributed by atoms with Crippen LogP contribution >= 0.6 is 0 Å². The summed E-state index contributed by atoms with van der Waals surface area (Å²) in [7, 11) is 1.69. The Morgan fingerprint density at radius 1 is 1.35 bits per heavy atom. The third kappa shape index (κ3) is 3.85. The number of benzene rings is 1. The van der Waals surface area contributed by atoms with Gasteiger partial charge in [0.1, 0.15) is 0 Å². The molecule has 1 aliphatic rings. The second-order valence-electron chi connectivity index (χ2n) is 7.25. The van der Waals surface area contributed by atoms with Crippen LogP contribution in [0.25, 0.3) is 11.1 Å². The third-order valence-corrected chi connectivity index (χ3v) is 5.48. The number of nitrogens with zero attached hydrogens (tertiary/aromatic N) is 2. The number of carbonyl (C=O) groups is 1. The maximum Gasteiger partial charge on any atom is 0.419 e. The summed E-state index contributed by atoms with van der Waals surface area (Å²) in [5.74, 6) is -0.188. The van der Waals surface area contributed by atoms with Gasteiger partial charge in [0.15, 0.2) is 5.58 Å². The zero-order valence-corrected chi connectivity index (χ0v) is 16.0. The van der Waals surface area contributed by atoms with Crippen molar-refractivity contribution in [3.05, 3.63) is 34.3 Å². The van der Waals surface area contributed by atoms with Gasteiger partial charge in [-0.1, -0.05) is 25.3 Å². The molecule has 1 N–H and O–H groups in total. The molecule has 0 radical (unpaired) electrons. The van der Waals surface area contributed by atoms with E-state index < -0.39 is 0 Å². The minimum Gasteiger partial charge on any atom is -0.408 e. The summed E-state index contributed by atoms with van der Waals surface area (Å²) >= 11 is 0. The Bertz CT molecular complexity index is 817. The van der Waals surface area contributed by atoms with Crippen molar-refractivity contribution in [2.45, 2.75) is 64.6 Å². The fraction of sp³-hybridized carbons (Fsp3) is 0.600. The topological polar surface area (TPSA) is 67.5 Å². The molecule has 6 nitrogen and oxygen atoms in total. The van der Waals surface area contributed by atoms with Crippen molar-refractivity contribution >= 4 is 17.0 Å². The fourth-order valence-corrected chi connectivity index (χ4v) is 3.88. The van der Waals surface area contributed by atoms with Crippen LogP contribution in [0.5, 0.6) is 0 Å². The minimum atomic E-state index is -0.361. The lowest BCUT2D eigenvalue weighted by molar-refractivity contribution is -0.135. The Labute approximate surface area is 154 Å². The lowest BCUT2D eigenvalue weighted by Crippen LogP contribution is -2.49. The van der Waals surface area contributed by atoms with E-state index in [1.807, 2.05) is 30.0 Å². The van der Waals surface area contributed by atoms with E-state index in [0.29, 0.717) is 18.2 Å². The second kappa shape index (κ2) is 8.08. The quantitative estimate of drug-likeness (QED) is 0.861. The van der Waals surface area contributed by atoms with Crippen molar-refractivity contribution in [2.24, 2.45) is 7.05 Å². The number of nitrogens with one attached hydrogen (secondary N) is 1. The van der Waals surface area contributed by atoms with Crippen LogP contribution in [-0.4, -0.2) is 34.0 Å². The van der Waals surface area contributed by atoms with E-state index in [2.05, 4.69) is 12.2 Å². The molecule has 0 saturated heterocycles. The Hall–Kier alpha value is -2.08. The van der Waals surface area contributed by atoms with Crippen molar-refractivity contribution in [2.75, 3.05) is 6.54 Å². The molecule has 26 heavy (non-hydrogen) atoms. The Morgan fingerprint density at radius 2 is 2.08 bits per heavy atom. The highest BCUT2D eigenvalue weighted by Crippen LogP contribution is 2.23. The maximum atomic E-state index is 12.9.